The van der Waals surface area contributed by atoms with E-state index in [2.05, 4.69) is 29.9 Å². The third kappa shape index (κ3) is 8.28. The molecular formula is C21H23F3N8O3S. The number of aromatic nitrogens is 2. The number of amides is 2. The normalized spacial score (nSPS) is 15.4. The Hall–Kier alpha value is -3.56. The van der Waals surface area contributed by atoms with Crippen molar-refractivity contribution in [2.45, 2.75) is 6.36 Å². The Balaban J connectivity index is 1.74. The molecule has 1 aliphatic rings. The number of nitrogens with two attached hydrogens (primary N) is 1. The summed E-state index contributed by atoms with van der Waals surface area (Å²) in [5.41, 5.74) is 5.63. The zero-order chi connectivity index (χ0) is 26.3. The SMILES string of the molecule is CN1CCN(CC(=O)Nc2cc(C(=O)N=C(N)SC(=N)c3cncnc3)ccc2OC(F)(F)F)CC1. The van der Waals surface area contributed by atoms with E-state index < -0.39 is 23.9 Å². The lowest BCUT2D eigenvalue weighted by atomic mass is 10.1. The zero-order valence-corrected chi connectivity index (χ0v) is 19.9. The lowest BCUT2D eigenvalue weighted by molar-refractivity contribution is -0.274. The highest BCUT2D eigenvalue weighted by molar-refractivity contribution is 8.26. The Morgan fingerprint density at radius 1 is 1.19 bits per heavy atom. The average molecular weight is 525 g/mol. The summed E-state index contributed by atoms with van der Waals surface area (Å²) in [5.74, 6) is -2.12. The first-order chi connectivity index (χ1) is 17.0. The number of carbonyl (C=O) groups excluding carboxylic acids is 2. The Morgan fingerprint density at radius 3 is 2.50 bits per heavy atom. The van der Waals surface area contributed by atoms with Crippen molar-refractivity contribution < 1.29 is 27.5 Å². The van der Waals surface area contributed by atoms with Gasteiger partial charge in [-0.05, 0) is 37.0 Å². The van der Waals surface area contributed by atoms with Crippen molar-refractivity contribution >= 4 is 39.5 Å². The zero-order valence-electron chi connectivity index (χ0n) is 19.1. The lowest BCUT2D eigenvalue weighted by Crippen LogP contribution is -2.47. The molecule has 0 atom stereocenters. The summed E-state index contributed by atoms with van der Waals surface area (Å²) < 4.78 is 42.6. The summed E-state index contributed by atoms with van der Waals surface area (Å²) in [6.45, 7) is 2.73. The molecule has 1 aliphatic heterocycles. The molecule has 1 fully saturated rings. The van der Waals surface area contributed by atoms with Crippen LogP contribution in [0.2, 0.25) is 0 Å². The third-order valence-corrected chi connectivity index (χ3v) is 5.67. The van der Waals surface area contributed by atoms with Crippen molar-refractivity contribution in [1.29, 1.82) is 5.41 Å². The number of anilines is 1. The maximum atomic E-state index is 12.9. The fourth-order valence-corrected chi connectivity index (χ4v) is 3.70. The number of rotatable bonds is 6. The Bertz CT molecular complexity index is 1140. The summed E-state index contributed by atoms with van der Waals surface area (Å²) >= 11 is 0.679. The topological polar surface area (TPSA) is 150 Å². The van der Waals surface area contributed by atoms with Crippen molar-refractivity contribution in [3.8, 4) is 5.75 Å². The monoisotopic (exact) mass is 524 g/mol. The van der Waals surface area contributed by atoms with Gasteiger partial charge in [0, 0.05) is 49.7 Å². The molecule has 0 saturated carbocycles. The first-order valence-electron chi connectivity index (χ1n) is 10.5. The molecule has 36 heavy (non-hydrogen) atoms. The minimum absolute atomic E-state index is 0.0372. The van der Waals surface area contributed by atoms with E-state index in [4.69, 9.17) is 11.1 Å². The number of likely N-dealkylation sites (N-methyl/N-ethyl adjacent to an activating group) is 1. The van der Waals surface area contributed by atoms with Crippen LogP contribution in [0, 0.1) is 5.41 Å². The van der Waals surface area contributed by atoms with Gasteiger partial charge in [0.25, 0.3) is 5.91 Å². The first kappa shape index (κ1) is 27.0. The van der Waals surface area contributed by atoms with Gasteiger partial charge >= 0.3 is 6.36 Å². The quantitative estimate of drug-likeness (QED) is 0.380. The van der Waals surface area contributed by atoms with Gasteiger partial charge in [-0.2, -0.15) is 4.99 Å². The van der Waals surface area contributed by atoms with Crippen LogP contribution in [0.3, 0.4) is 0 Å². The fourth-order valence-electron chi connectivity index (χ4n) is 3.14. The van der Waals surface area contributed by atoms with Gasteiger partial charge < -0.3 is 20.7 Å². The molecule has 2 aromatic rings. The number of ether oxygens (including phenoxy) is 1. The Morgan fingerprint density at radius 2 is 1.86 bits per heavy atom. The second kappa shape index (κ2) is 11.9. The van der Waals surface area contributed by atoms with Crippen LogP contribution in [-0.2, 0) is 4.79 Å². The molecule has 1 saturated heterocycles. The molecule has 0 bridgehead atoms. The highest BCUT2D eigenvalue weighted by Crippen LogP contribution is 2.31. The van der Waals surface area contributed by atoms with Crippen LogP contribution in [0.15, 0.2) is 41.9 Å². The Kier molecular flexibility index (Phi) is 8.95. The van der Waals surface area contributed by atoms with Gasteiger partial charge in [0.1, 0.15) is 11.4 Å². The molecule has 0 spiro atoms. The minimum atomic E-state index is -5.01. The van der Waals surface area contributed by atoms with Crippen LogP contribution in [0.1, 0.15) is 15.9 Å². The molecule has 15 heteroatoms. The van der Waals surface area contributed by atoms with Crippen LogP contribution in [-0.4, -0.2) is 87.9 Å². The standard InChI is InChI=1S/C21H23F3N8O3S/c1-31-4-6-32(7-5-31)11-17(33)29-15-8-13(2-3-16(15)35-21(22,23)24)19(34)30-20(26)36-18(25)14-9-27-12-28-10-14/h2-3,8-10,12,25H,4-7,11H2,1H3,(H,29,33)(H2,26,30,34). The van der Waals surface area contributed by atoms with Gasteiger partial charge in [-0.1, -0.05) is 0 Å². The van der Waals surface area contributed by atoms with Crippen LogP contribution in [0.25, 0.3) is 0 Å². The highest BCUT2D eigenvalue weighted by atomic mass is 32.2. The van der Waals surface area contributed by atoms with Gasteiger partial charge in [-0.15, -0.1) is 13.2 Å². The molecular weight excluding hydrogens is 501 g/mol. The van der Waals surface area contributed by atoms with Crippen LogP contribution < -0.4 is 15.8 Å². The van der Waals surface area contributed by atoms with E-state index in [0.717, 1.165) is 31.3 Å². The number of benzene rings is 1. The molecule has 3 rings (SSSR count). The van der Waals surface area contributed by atoms with E-state index in [1.165, 1.54) is 18.7 Å². The van der Waals surface area contributed by atoms with Crippen molar-refractivity contribution in [2.75, 3.05) is 45.1 Å². The number of alkyl halides is 3. The Labute approximate surface area is 208 Å². The molecule has 0 unspecified atom stereocenters. The number of nitrogens with zero attached hydrogens (tertiary/aromatic N) is 5. The van der Waals surface area contributed by atoms with Gasteiger partial charge in [0.05, 0.1) is 12.2 Å². The second-order valence-electron chi connectivity index (χ2n) is 7.70. The summed E-state index contributed by atoms with van der Waals surface area (Å²) in [6, 6.07) is 3.01. The number of piperazine rings is 1. The van der Waals surface area contributed by atoms with E-state index in [1.807, 2.05) is 11.9 Å². The average Bonchev–Trinajstić information content (AvgIpc) is 2.81. The smallest absolute Gasteiger partial charge is 0.404 e. The number of aliphatic imine (C=N–C) groups is 1. The minimum Gasteiger partial charge on any atom is -0.404 e. The van der Waals surface area contributed by atoms with Crippen molar-refractivity contribution in [2.24, 2.45) is 10.7 Å². The number of carbonyl (C=O) groups is 2. The van der Waals surface area contributed by atoms with Gasteiger partial charge in [-0.25, -0.2) is 9.97 Å². The maximum absolute atomic E-state index is 12.9. The molecule has 0 radical (unpaired) electrons. The van der Waals surface area contributed by atoms with E-state index in [1.54, 1.807) is 0 Å². The van der Waals surface area contributed by atoms with E-state index in [-0.39, 0.29) is 28.0 Å². The summed E-state index contributed by atoms with van der Waals surface area (Å²) in [5, 5.41) is 10.0. The summed E-state index contributed by atoms with van der Waals surface area (Å²) in [7, 11) is 1.95. The summed E-state index contributed by atoms with van der Waals surface area (Å²) in [4.78, 5) is 40.3. The highest BCUT2D eigenvalue weighted by Gasteiger charge is 2.32. The first-order valence-corrected chi connectivity index (χ1v) is 11.3. The summed E-state index contributed by atoms with van der Waals surface area (Å²) in [6.07, 6.45) is -0.957. The van der Waals surface area contributed by atoms with Gasteiger partial charge in [0.2, 0.25) is 5.91 Å². The number of halogens is 3. The second-order valence-corrected chi connectivity index (χ2v) is 8.73. The molecule has 4 N–H and O–H groups in total. The molecule has 11 nitrogen and oxygen atoms in total. The number of hydrogen-bond donors (Lipinski definition) is 3. The van der Waals surface area contributed by atoms with Crippen molar-refractivity contribution in [3.05, 3.63) is 48.0 Å². The largest absolute Gasteiger partial charge is 0.573 e. The number of amidine groups is 1. The predicted molar refractivity (Wildman–Crippen MR) is 128 cm³/mol. The molecule has 1 aromatic carbocycles. The van der Waals surface area contributed by atoms with Gasteiger partial charge in [-0.3, -0.25) is 19.9 Å². The van der Waals surface area contributed by atoms with Crippen molar-refractivity contribution in [1.82, 2.24) is 19.8 Å². The predicted octanol–water partition coefficient (Wildman–Crippen LogP) is 1.77. The molecule has 192 valence electrons. The van der Waals surface area contributed by atoms with Crippen LogP contribution in [0.5, 0.6) is 5.75 Å². The van der Waals surface area contributed by atoms with E-state index in [9.17, 15) is 22.8 Å². The van der Waals surface area contributed by atoms with E-state index in [0.29, 0.717) is 30.4 Å². The number of thioether (sulfide) groups is 1. The lowest BCUT2D eigenvalue weighted by Gasteiger charge is -2.31. The number of hydrogen-bond acceptors (Lipinski definition) is 9. The number of nitrogens with one attached hydrogen (secondary N) is 2. The van der Waals surface area contributed by atoms with Crippen molar-refractivity contribution in [3.63, 3.8) is 0 Å². The molecule has 2 amide bonds. The molecule has 2 heterocycles. The van der Waals surface area contributed by atoms with Gasteiger partial charge in [0.15, 0.2) is 10.9 Å². The third-order valence-electron chi connectivity index (χ3n) is 4.93. The van der Waals surface area contributed by atoms with Crippen LogP contribution >= 0.6 is 11.8 Å². The van der Waals surface area contributed by atoms with E-state index >= 15 is 0 Å². The van der Waals surface area contributed by atoms with Crippen LogP contribution in [0.4, 0.5) is 18.9 Å². The fraction of sp³-hybridized carbons (Fsp3) is 0.333. The molecule has 1 aromatic heterocycles. The maximum Gasteiger partial charge on any atom is 0.573 e. The molecule has 0 aliphatic carbocycles.